The fourth-order valence-corrected chi connectivity index (χ4v) is 1.32. The maximum Gasteiger partial charge on any atom is 0.346 e. The van der Waals surface area contributed by atoms with E-state index in [1.54, 1.807) is 12.1 Å². The maximum absolute atomic E-state index is 12.9. The van der Waals surface area contributed by atoms with Gasteiger partial charge < -0.3 is 4.42 Å². The number of hydrogen-bond donors (Lipinski definition) is 0. The second-order valence-corrected chi connectivity index (χ2v) is 3.06. The molecule has 0 atom stereocenters. The molecule has 1 aromatic heterocycles. The van der Waals surface area contributed by atoms with Gasteiger partial charge in [-0.05, 0) is 12.1 Å². The van der Waals surface area contributed by atoms with Crippen LogP contribution in [-0.4, -0.2) is 0 Å². The highest BCUT2D eigenvalue weighted by Gasteiger charge is 2.14. The number of benzene rings is 1. The van der Waals surface area contributed by atoms with Gasteiger partial charge >= 0.3 is 11.7 Å². The van der Waals surface area contributed by atoms with E-state index < -0.39 is 23.1 Å². The summed E-state index contributed by atoms with van der Waals surface area (Å²) in [7, 11) is 0. The quantitative estimate of drug-likeness (QED) is 0.698. The summed E-state index contributed by atoms with van der Waals surface area (Å²) >= 11 is 0. The van der Waals surface area contributed by atoms with Gasteiger partial charge in [0.1, 0.15) is 11.1 Å². The van der Waals surface area contributed by atoms with Crippen LogP contribution >= 0.6 is 0 Å². The third kappa shape index (κ3) is 1.71. The summed E-state index contributed by atoms with van der Waals surface area (Å²) in [5, 5.41) is 0.383. The van der Waals surface area contributed by atoms with E-state index in [0.29, 0.717) is 5.39 Å². The van der Waals surface area contributed by atoms with Crippen molar-refractivity contribution in [1.82, 2.24) is 0 Å². The van der Waals surface area contributed by atoms with Crippen LogP contribution in [0.5, 0.6) is 0 Å². The summed E-state index contributed by atoms with van der Waals surface area (Å²) in [6.07, 6.45) is -2.54. The number of hydrogen-bond acceptors (Lipinski definition) is 2. The maximum atomic E-state index is 12.9. The summed E-state index contributed by atoms with van der Waals surface area (Å²) < 4.78 is 41.7. The third-order valence-electron chi connectivity index (χ3n) is 2.04. The van der Waals surface area contributed by atoms with Crippen LogP contribution in [-0.2, 0) is 0 Å². The van der Waals surface area contributed by atoms with Crippen LogP contribution in [0.3, 0.4) is 0 Å². The largest absolute Gasteiger partial charge is 0.422 e. The van der Waals surface area contributed by atoms with Crippen molar-refractivity contribution in [2.45, 2.75) is 0 Å². The molecule has 5 heteroatoms. The Kier molecular flexibility index (Phi) is 2.52. The number of fused-ring (bicyclic) bond motifs is 1. The molecular weight excluding hydrogens is 221 g/mol. The van der Waals surface area contributed by atoms with Crippen LogP contribution in [0, 0.1) is 0 Å². The molecule has 0 N–H and O–H groups in total. The van der Waals surface area contributed by atoms with Crippen molar-refractivity contribution in [3.05, 3.63) is 52.4 Å². The van der Waals surface area contributed by atoms with Crippen LogP contribution in [0.15, 0.2) is 45.6 Å². The van der Waals surface area contributed by atoms with Crippen LogP contribution < -0.4 is 5.63 Å². The summed E-state index contributed by atoms with van der Waals surface area (Å²) in [5.41, 5.74) is -1.66. The molecule has 0 aliphatic rings. The minimum Gasteiger partial charge on any atom is -0.422 e. The van der Waals surface area contributed by atoms with Gasteiger partial charge in [-0.3, -0.25) is 0 Å². The summed E-state index contributed by atoms with van der Waals surface area (Å²) in [5.74, 6) is -1.85. The van der Waals surface area contributed by atoms with E-state index in [1.165, 1.54) is 12.1 Å². The van der Waals surface area contributed by atoms with Gasteiger partial charge in [0.15, 0.2) is 0 Å². The van der Waals surface area contributed by atoms with Crippen LogP contribution in [0.25, 0.3) is 16.8 Å². The Morgan fingerprint density at radius 3 is 2.50 bits per heavy atom. The number of para-hydroxylation sites is 1. The third-order valence-corrected chi connectivity index (χ3v) is 2.04. The van der Waals surface area contributed by atoms with Gasteiger partial charge in [0.2, 0.25) is 5.83 Å². The number of halogens is 3. The van der Waals surface area contributed by atoms with Gasteiger partial charge in [-0.2, -0.15) is 8.78 Å². The molecule has 0 aliphatic heterocycles. The van der Waals surface area contributed by atoms with Gasteiger partial charge in [0.05, 0.1) is 0 Å². The van der Waals surface area contributed by atoms with Gasteiger partial charge in [-0.15, -0.1) is 0 Å². The molecular formula is C11H5F3O2. The average Bonchev–Trinajstić information content (AvgIpc) is 2.27. The van der Waals surface area contributed by atoms with Crippen molar-refractivity contribution in [3.63, 3.8) is 0 Å². The Morgan fingerprint density at radius 1 is 1.12 bits per heavy atom. The van der Waals surface area contributed by atoms with Crippen LogP contribution in [0.2, 0.25) is 0 Å². The highest BCUT2D eigenvalue weighted by Crippen LogP contribution is 2.22. The molecule has 1 aromatic carbocycles. The molecule has 0 amide bonds. The Hall–Kier alpha value is -2.04. The predicted octanol–water partition coefficient (Wildman–Crippen LogP) is 3.33. The lowest BCUT2D eigenvalue weighted by Crippen LogP contribution is -2.05. The van der Waals surface area contributed by atoms with E-state index in [9.17, 15) is 18.0 Å². The van der Waals surface area contributed by atoms with E-state index in [1.807, 2.05) is 0 Å². The van der Waals surface area contributed by atoms with E-state index in [4.69, 9.17) is 4.42 Å². The predicted molar refractivity (Wildman–Crippen MR) is 52.7 cm³/mol. The zero-order valence-electron chi connectivity index (χ0n) is 7.84. The first-order valence-corrected chi connectivity index (χ1v) is 4.33. The van der Waals surface area contributed by atoms with Crippen molar-refractivity contribution < 1.29 is 17.6 Å². The minimum atomic E-state index is -2.54. The minimum absolute atomic E-state index is 0.225. The Balaban J connectivity index is 2.78. The Labute approximate surface area is 87.6 Å². The second kappa shape index (κ2) is 3.84. The summed E-state index contributed by atoms with van der Waals surface area (Å²) in [6, 6.07) is 7.31. The first-order valence-electron chi connectivity index (χ1n) is 4.33. The summed E-state index contributed by atoms with van der Waals surface area (Å²) in [6.45, 7) is 0. The lowest BCUT2D eigenvalue weighted by molar-refractivity contribution is 0.409. The van der Waals surface area contributed by atoms with Crippen LogP contribution in [0.4, 0.5) is 13.2 Å². The second-order valence-electron chi connectivity index (χ2n) is 3.06. The van der Waals surface area contributed by atoms with Gasteiger partial charge in [0, 0.05) is 5.39 Å². The van der Waals surface area contributed by atoms with E-state index in [2.05, 4.69) is 0 Å². The van der Waals surface area contributed by atoms with Gasteiger partial charge in [-0.25, -0.2) is 9.18 Å². The number of rotatable bonds is 1. The fraction of sp³-hybridized carbons (Fsp3) is 0. The molecule has 0 radical (unpaired) electrons. The molecule has 1 heterocycles. The van der Waals surface area contributed by atoms with E-state index in [0.717, 1.165) is 6.07 Å². The van der Waals surface area contributed by atoms with Gasteiger partial charge in [0.25, 0.3) is 0 Å². The highest BCUT2D eigenvalue weighted by atomic mass is 19.3. The lowest BCUT2D eigenvalue weighted by atomic mass is 10.2. The van der Waals surface area contributed by atoms with Crippen molar-refractivity contribution in [3.8, 4) is 0 Å². The first kappa shape index (κ1) is 10.5. The Bertz CT molecular complexity index is 624. The molecule has 2 rings (SSSR count). The topological polar surface area (TPSA) is 30.2 Å². The first-order chi connectivity index (χ1) is 7.59. The average molecular weight is 226 g/mol. The normalized spacial score (nSPS) is 10.4. The van der Waals surface area contributed by atoms with Crippen molar-refractivity contribution in [2.24, 2.45) is 0 Å². The molecule has 0 bridgehead atoms. The molecule has 16 heavy (non-hydrogen) atoms. The zero-order chi connectivity index (χ0) is 11.7. The van der Waals surface area contributed by atoms with Crippen LogP contribution in [0.1, 0.15) is 5.56 Å². The van der Waals surface area contributed by atoms with E-state index in [-0.39, 0.29) is 5.58 Å². The lowest BCUT2D eigenvalue weighted by Gasteiger charge is -1.98. The molecule has 0 unspecified atom stereocenters. The summed E-state index contributed by atoms with van der Waals surface area (Å²) in [4.78, 5) is 11.2. The SMILES string of the molecule is O=c1oc2ccccc2cc1C(F)=C(F)F. The van der Waals surface area contributed by atoms with Crippen molar-refractivity contribution >= 4 is 16.8 Å². The Morgan fingerprint density at radius 2 is 1.81 bits per heavy atom. The zero-order valence-corrected chi connectivity index (χ0v) is 7.84. The molecule has 0 saturated carbocycles. The van der Waals surface area contributed by atoms with E-state index >= 15 is 0 Å². The molecule has 0 saturated heterocycles. The molecule has 82 valence electrons. The molecule has 0 aliphatic carbocycles. The monoisotopic (exact) mass is 226 g/mol. The van der Waals surface area contributed by atoms with Crippen molar-refractivity contribution in [1.29, 1.82) is 0 Å². The smallest absolute Gasteiger partial charge is 0.346 e. The molecule has 2 nitrogen and oxygen atoms in total. The van der Waals surface area contributed by atoms with Crippen molar-refractivity contribution in [2.75, 3.05) is 0 Å². The standard InChI is InChI=1S/C11H5F3O2/c12-9(10(13)14)7-5-6-3-1-2-4-8(6)16-11(7)15/h1-5H. The molecule has 0 spiro atoms. The molecule has 0 fully saturated rings. The molecule has 2 aromatic rings. The highest BCUT2D eigenvalue weighted by molar-refractivity contribution is 5.79. The fourth-order valence-electron chi connectivity index (χ4n) is 1.32. The van der Waals surface area contributed by atoms with Gasteiger partial charge in [-0.1, -0.05) is 18.2 Å².